The van der Waals surface area contributed by atoms with E-state index < -0.39 is 31.2 Å². The quantitative estimate of drug-likeness (QED) is 0.848. The number of benzene rings is 1. The molecule has 5 nitrogen and oxygen atoms in total. The van der Waals surface area contributed by atoms with Crippen LogP contribution >= 0.6 is 11.3 Å². The Labute approximate surface area is 127 Å². The van der Waals surface area contributed by atoms with Gasteiger partial charge < -0.3 is 10.4 Å². The molecule has 0 aliphatic carbocycles. The SMILES string of the molecule is O=C(N[C@H](CF)[C@H](O)c1ccc(-c2nncs2)cc1)C(F)F. The van der Waals surface area contributed by atoms with E-state index in [0.717, 1.165) is 5.56 Å². The normalized spacial score (nSPS) is 13.9. The zero-order chi connectivity index (χ0) is 16.1. The molecule has 2 aromatic rings. The number of carbonyl (C=O) groups excluding carboxylic acids is 1. The van der Waals surface area contributed by atoms with Gasteiger partial charge in [0, 0.05) is 5.56 Å². The van der Waals surface area contributed by atoms with Crippen molar-refractivity contribution in [2.45, 2.75) is 18.6 Å². The third kappa shape index (κ3) is 3.80. The van der Waals surface area contributed by atoms with Crippen LogP contribution in [-0.4, -0.2) is 40.4 Å². The summed E-state index contributed by atoms with van der Waals surface area (Å²) in [6.45, 7) is -1.17. The molecule has 1 aromatic carbocycles. The number of nitrogens with one attached hydrogen (secondary N) is 1. The minimum Gasteiger partial charge on any atom is -0.386 e. The largest absolute Gasteiger partial charge is 0.386 e. The average molecular weight is 331 g/mol. The molecule has 2 atom stereocenters. The van der Waals surface area contributed by atoms with Crippen LogP contribution in [0.4, 0.5) is 13.2 Å². The lowest BCUT2D eigenvalue weighted by Gasteiger charge is -2.21. The van der Waals surface area contributed by atoms with Crippen LogP contribution in [0.3, 0.4) is 0 Å². The van der Waals surface area contributed by atoms with E-state index >= 15 is 0 Å². The second-order valence-electron chi connectivity index (χ2n) is 4.38. The van der Waals surface area contributed by atoms with Crippen molar-refractivity contribution in [3.8, 4) is 10.6 Å². The summed E-state index contributed by atoms with van der Waals surface area (Å²) in [6, 6.07) is 4.87. The molecule has 0 saturated carbocycles. The van der Waals surface area contributed by atoms with E-state index in [1.165, 1.54) is 23.5 Å². The molecule has 1 aromatic heterocycles. The van der Waals surface area contributed by atoms with Gasteiger partial charge in [0.15, 0.2) is 0 Å². The molecular formula is C13H12F3N3O2S. The van der Waals surface area contributed by atoms with Crippen LogP contribution in [0.5, 0.6) is 0 Å². The molecule has 118 valence electrons. The van der Waals surface area contributed by atoms with E-state index in [-0.39, 0.29) is 0 Å². The maximum atomic E-state index is 12.9. The van der Waals surface area contributed by atoms with Crippen molar-refractivity contribution in [1.82, 2.24) is 15.5 Å². The van der Waals surface area contributed by atoms with Gasteiger partial charge in [-0.15, -0.1) is 10.2 Å². The zero-order valence-corrected chi connectivity index (χ0v) is 11.9. The lowest BCUT2D eigenvalue weighted by Crippen LogP contribution is -2.43. The number of carbonyl (C=O) groups is 1. The molecule has 0 radical (unpaired) electrons. The Morgan fingerprint density at radius 3 is 2.50 bits per heavy atom. The molecule has 2 rings (SSSR count). The number of halogens is 3. The number of aliphatic hydroxyl groups is 1. The number of amides is 1. The van der Waals surface area contributed by atoms with Crippen LogP contribution < -0.4 is 5.32 Å². The highest BCUT2D eigenvalue weighted by molar-refractivity contribution is 7.12. The predicted octanol–water partition coefficient (Wildman–Crippen LogP) is 1.96. The number of aliphatic hydroxyl groups excluding tert-OH is 1. The summed E-state index contributed by atoms with van der Waals surface area (Å²) in [5.74, 6) is -1.62. The molecular weight excluding hydrogens is 319 g/mol. The fraction of sp³-hybridized carbons (Fsp3) is 0.308. The molecule has 1 heterocycles. The third-order valence-corrected chi connectivity index (χ3v) is 3.67. The number of hydrogen-bond donors (Lipinski definition) is 2. The molecule has 0 spiro atoms. The van der Waals surface area contributed by atoms with Crippen molar-refractivity contribution >= 4 is 17.2 Å². The minimum absolute atomic E-state index is 0.297. The topological polar surface area (TPSA) is 75.1 Å². The Hall–Kier alpha value is -2.00. The lowest BCUT2D eigenvalue weighted by atomic mass is 10.0. The van der Waals surface area contributed by atoms with Crippen molar-refractivity contribution in [3.63, 3.8) is 0 Å². The molecule has 0 aliphatic rings. The molecule has 22 heavy (non-hydrogen) atoms. The Kier molecular flexibility index (Phi) is 5.45. The van der Waals surface area contributed by atoms with E-state index in [1.54, 1.807) is 23.0 Å². The standard InChI is InChI=1S/C13H12F3N3O2S/c14-5-9(18-12(21)11(15)16)10(20)7-1-3-8(4-2-7)13-19-17-6-22-13/h1-4,6,9-11,20H,5H2,(H,18,21)/t9-,10-/m1/s1. The number of rotatable bonds is 6. The van der Waals surface area contributed by atoms with E-state index in [2.05, 4.69) is 10.2 Å². The van der Waals surface area contributed by atoms with Gasteiger partial charge >= 0.3 is 6.43 Å². The van der Waals surface area contributed by atoms with E-state index in [1.807, 2.05) is 0 Å². The van der Waals surface area contributed by atoms with Crippen molar-refractivity contribution in [2.24, 2.45) is 0 Å². The molecule has 0 aliphatic heterocycles. The van der Waals surface area contributed by atoms with Crippen LogP contribution in [0, 0.1) is 0 Å². The third-order valence-electron chi connectivity index (χ3n) is 2.93. The van der Waals surface area contributed by atoms with Gasteiger partial charge in [0.05, 0.1) is 6.04 Å². The van der Waals surface area contributed by atoms with Crippen molar-refractivity contribution < 1.29 is 23.1 Å². The van der Waals surface area contributed by atoms with Gasteiger partial charge in [-0.05, 0) is 5.56 Å². The minimum atomic E-state index is -3.26. The second-order valence-corrected chi connectivity index (χ2v) is 5.21. The summed E-state index contributed by atoms with van der Waals surface area (Å²) in [5.41, 5.74) is 2.62. The van der Waals surface area contributed by atoms with Gasteiger partial charge in [-0.1, -0.05) is 35.6 Å². The highest BCUT2D eigenvalue weighted by Gasteiger charge is 2.26. The molecule has 0 unspecified atom stereocenters. The number of nitrogens with zero attached hydrogens (tertiary/aromatic N) is 2. The maximum Gasteiger partial charge on any atom is 0.315 e. The van der Waals surface area contributed by atoms with E-state index in [4.69, 9.17) is 0 Å². The van der Waals surface area contributed by atoms with Crippen LogP contribution in [0.2, 0.25) is 0 Å². The Morgan fingerprint density at radius 2 is 2.00 bits per heavy atom. The fourth-order valence-electron chi connectivity index (χ4n) is 1.80. The Bertz CT molecular complexity index is 608. The predicted molar refractivity (Wildman–Crippen MR) is 74.2 cm³/mol. The van der Waals surface area contributed by atoms with Crippen LogP contribution in [0.1, 0.15) is 11.7 Å². The summed E-state index contributed by atoms with van der Waals surface area (Å²) >= 11 is 1.33. The van der Waals surface area contributed by atoms with Gasteiger partial charge in [-0.25, -0.2) is 4.39 Å². The average Bonchev–Trinajstić information content (AvgIpc) is 3.06. The van der Waals surface area contributed by atoms with Gasteiger partial charge in [-0.3, -0.25) is 4.79 Å². The van der Waals surface area contributed by atoms with E-state index in [0.29, 0.717) is 10.6 Å². The second kappa shape index (κ2) is 7.32. The smallest absolute Gasteiger partial charge is 0.315 e. The summed E-state index contributed by atoms with van der Waals surface area (Å²) in [7, 11) is 0. The molecule has 0 saturated heterocycles. The monoisotopic (exact) mass is 331 g/mol. The van der Waals surface area contributed by atoms with Gasteiger partial charge in [0.2, 0.25) is 0 Å². The molecule has 1 amide bonds. The molecule has 9 heteroatoms. The Balaban J connectivity index is 2.10. The Morgan fingerprint density at radius 1 is 1.32 bits per heavy atom. The van der Waals surface area contributed by atoms with Crippen molar-refractivity contribution in [2.75, 3.05) is 6.67 Å². The molecule has 2 N–H and O–H groups in total. The number of aromatic nitrogens is 2. The first-order valence-electron chi connectivity index (χ1n) is 6.22. The van der Waals surface area contributed by atoms with Gasteiger partial charge in [0.25, 0.3) is 5.91 Å². The zero-order valence-electron chi connectivity index (χ0n) is 11.1. The van der Waals surface area contributed by atoms with Crippen molar-refractivity contribution in [1.29, 1.82) is 0 Å². The summed E-state index contributed by atoms with van der Waals surface area (Å²) in [6.07, 6.45) is -4.70. The van der Waals surface area contributed by atoms with Crippen molar-refractivity contribution in [3.05, 3.63) is 35.3 Å². The number of alkyl halides is 3. The summed E-state index contributed by atoms with van der Waals surface area (Å²) in [5, 5.41) is 20.0. The first-order valence-corrected chi connectivity index (χ1v) is 7.10. The van der Waals surface area contributed by atoms with Crippen LogP contribution in [0.25, 0.3) is 10.6 Å². The first kappa shape index (κ1) is 16.4. The molecule has 0 bridgehead atoms. The first-order chi connectivity index (χ1) is 10.5. The molecule has 0 fully saturated rings. The number of hydrogen-bond acceptors (Lipinski definition) is 5. The fourth-order valence-corrected chi connectivity index (χ4v) is 2.36. The van der Waals surface area contributed by atoms with Gasteiger partial charge in [0.1, 0.15) is 23.3 Å². The maximum absolute atomic E-state index is 12.9. The highest BCUT2D eigenvalue weighted by atomic mass is 32.1. The lowest BCUT2D eigenvalue weighted by molar-refractivity contribution is -0.133. The summed E-state index contributed by atoms with van der Waals surface area (Å²) in [4.78, 5) is 10.9. The van der Waals surface area contributed by atoms with Crippen LogP contribution in [0.15, 0.2) is 29.8 Å². The summed E-state index contributed by atoms with van der Waals surface area (Å²) < 4.78 is 37.2. The van der Waals surface area contributed by atoms with E-state index in [9.17, 15) is 23.1 Å². The van der Waals surface area contributed by atoms with Gasteiger partial charge in [-0.2, -0.15) is 8.78 Å². The highest BCUT2D eigenvalue weighted by Crippen LogP contribution is 2.24. The van der Waals surface area contributed by atoms with Crippen LogP contribution in [-0.2, 0) is 4.79 Å².